The summed E-state index contributed by atoms with van der Waals surface area (Å²) < 4.78 is 5.81. The summed E-state index contributed by atoms with van der Waals surface area (Å²) in [6.45, 7) is 0.816. The molecule has 4 rings (SSSR count). The van der Waals surface area contributed by atoms with Gasteiger partial charge >= 0.3 is 0 Å². The van der Waals surface area contributed by atoms with Crippen molar-refractivity contribution < 1.29 is 4.74 Å². The molecule has 1 fully saturated rings. The molecule has 1 aromatic carbocycles. The molecule has 0 bridgehead atoms. The molecule has 1 aromatic heterocycles. The Hall–Kier alpha value is -1.32. The second kappa shape index (κ2) is 6.43. The number of rotatable bonds is 4. The predicted octanol–water partition coefficient (Wildman–Crippen LogP) is 5.09. The van der Waals surface area contributed by atoms with E-state index in [0.29, 0.717) is 12.1 Å². The molecule has 22 heavy (non-hydrogen) atoms. The van der Waals surface area contributed by atoms with Crippen LogP contribution in [0.1, 0.15) is 54.6 Å². The molecule has 1 saturated carbocycles. The lowest BCUT2D eigenvalue weighted by Crippen LogP contribution is -2.33. The van der Waals surface area contributed by atoms with E-state index in [1.54, 1.807) is 0 Å². The third-order valence-corrected chi connectivity index (χ3v) is 6.02. The molecule has 2 aromatic rings. The van der Waals surface area contributed by atoms with Gasteiger partial charge in [-0.2, -0.15) is 0 Å². The maximum atomic E-state index is 5.81. The van der Waals surface area contributed by atoms with Crippen LogP contribution in [0.25, 0.3) is 0 Å². The van der Waals surface area contributed by atoms with Gasteiger partial charge in [-0.15, -0.1) is 11.3 Å². The molecule has 2 aliphatic rings. The van der Waals surface area contributed by atoms with Crippen LogP contribution < -0.4 is 10.1 Å². The van der Waals surface area contributed by atoms with Gasteiger partial charge in [0.25, 0.3) is 0 Å². The summed E-state index contributed by atoms with van der Waals surface area (Å²) in [4.78, 5) is 1.50. The van der Waals surface area contributed by atoms with Gasteiger partial charge in [0.2, 0.25) is 0 Å². The molecule has 0 saturated heterocycles. The van der Waals surface area contributed by atoms with Crippen LogP contribution in [0.15, 0.2) is 41.8 Å². The van der Waals surface area contributed by atoms with Gasteiger partial charge in [0.1, 0.15) is 5.75 Å². The van der Waals surface area contributed by atoms with E-state index < -0.39 is 0 Å². The van der Waals surface area contributed by atoms with Crippen molar-refractivity contribution in [1.82, 2.24) is 5.32 Å². The normalized spacial score (nSPS) is 23.0. The Bertz CT molecular complexity index is 604. The molecule has 1 N–H and O–H groups in total. The van der Waals surface area contributed by atoms with Gasteiger partial charge in [-0.25, -0.2) is 0 Å². The number of benzene rings is 1. The Morgan fingerprint density at radius 2 is 1.91 bits per heavy atom. The monoisotopic (exact) mass is 313 g/mol. The number of nitrogens with one attached hydrogen (secondary N) is 1. The average Bonchev–Trinajstić information content (AvgIpc) is 3.26. The van der Waals surface area contributed by atoms with Crippen molar-refractivity contribution in [2.75, 3.05) is 6.61 Å². The van der Waals surface area contributed by atoms with Crippen molar-refractivity contribution >= 4 is 11.3 Å². The molecule has 2 nitrogen and oxygen atoms in total. The zero-order valence-electron chi connectivity index (χ0n) is 12.8. The number of thiophene rings is 1. The van der Waals surface area contributed by atoms with Gasteiger partial charge < -0.3 is 10.1 Å². The topological polar surface area (TPSA) is 21.3 Å². The standard InChI is InChI=1S/C19H23NOS/c1-2-7-14(6-1)19(18-10-5-13-22-18)20-16-11-12-21-17-9-4-3-8-15(16)17/h3-5,8-10,13-14,16,19-20H,1-2,6-7,11-12H2. The summed E-state index contributed by atoms with van der Waals surface area (Å²) in [6.07, 6.45) is 6.56. The molecule has 2 atom stereocenters. The Morgan fingerprint density at radius 1 is 1.05 bits per heavy atom. The van der Waals surface area contributed by atoms with Crippen molar-refractivity contribution in [1.29, 1.82) is 0 Å². The maximum Gasteiger partial charge on any atom is 0.124 e. The minimum Gasteiger partial charge on any atom is -0.493 e. The van der Waals surface area contributed by atoms with E-state index in [-0.39, 0.29) is 0 Å². The summed E-state index contributed by atoms with van der Waals surface area (Å²) in [5.74, 6) is 1.84. The van der Waals surface area contributed by atoms with Crippen molar-refractivity contribution in [3.05, 3.63) is 52.2 Å². The Balaban J connectivity index is 1.59. The van der Waals surface area contributed by atoms with Crippen molar-refractivity contribution in [3.63, 3.8) is 0 Å². The van der Waals surface area contributed by atoms with Gasteiger partial charge in [-0.3, -0.25) is 0 Å². The quantitative estimate of drug-likeness (QED) is 0.848. The molecule has 3 heteroatoms. The third-order valence-electron chi connectivity index (χ3n) is 5.06. The molecule has 116 valence electrons. The molecular weight excluding hydrogens is 290 g/mol. The molecular formula is C19H23NOS. The van der Waals surface area contributed by atoms with Crippen LogP contribution >= 0.6 is 11.3 Å². The zero-order chi connectivity index (χ0) is 14.8. The molecule has 1 aliphatic carbocycles. The Morgan fingerprint density at radius 3 is 2.73 bits per heavy atom. The summed E-state index contributed by atoms with van der Waals surface area (Å²) in [5.41, 5.74) is 1.33. The SMILES string of the molecule is c1csc(C(NC2CCOc3ccccc32)C2CCCC2)c1. The van der Waals surface area contributed by atoms with E-state index >= 15 is 0 Å². The minimum absolute atomic E-state index is 0.414. The van der Waals surface area contributed by atoms with E-state index in [4.69, 9.17) is 4.74 Å². The van der Waals surface area contributed by atoms with Crippen LogP contribution in [0.3, 0.4) is 0 Å². The highest BCUT2D eigenvalue weighted by molar-refractivity contribution is 7.10. The number of para-hydroxylation sites is 1. The first-order valence-corrected chi connectivity index (χ1v) is 9.31. The lowest BCUT2D eigenvalue weighted by atomic mass is 9.93. The summed E-state index contributed by atoms with van der Waals surface area (Å²) >= 11 is 1.89. The van der Waals surface area contributed by atoms with Crippen LogP contribution in [-0.4, -0.2) is 6.61 Å². The third kappa shape index (κ3) is 2.80. The van der Waals surface area contributed by atoms with Crippen LogP contribution in [0, 0.1) is 5.92 Å². The lowest BCUT2D eigenvalue weighted by Gasteiger charge is -2.33. The van der Waals surface area contributed by atoms with Crippen LogP contribution in [-0.2, 0) is 0 Å². The smallest absolute Gasteiger partial charge is 0.124 e. The fourth-order valence-electron chi connectivity index (χ4n) is 3.94. The fourth-order valence-corrected chi connectivity index (χ4v) is 4.82. The highest BCUT2D eigenvalue weighted by Gasteiger charge is 2.31. The van der Waals surface area contributed by atoms with Gasteiger partial charge in [0, 0.05) is 28.9 Å². The van der Waals surface area contributed by atoms with Gasteiger partial charge in [0.15, 0.2) is 0 Å². The number of hydrogen-bond acceptors (Lipinski definition) is 3. The first-order valence-electron chi connectivity index (χ1n) is 8.43. The van der Waals surface area contributed by atoms with Crippen molar-refractivity contribution in [2.24, 2.45) is 5.92 Å². The van der Waals surface area contributed by atoms with E-state index in [1.165, 1.54) is 36.1 Å². The second-order valence-electron chi connectivity index (χ2n) is 6.43. The maximum absolute atomic E-state index is 5.81. The van der Waals surface area contributed by atoms with E-state index in [9.17, 15) is 0 Å². The highest BCUT2D eigenvalue weighted by atomic mass is 32.1. The lowest BCUT2D eigenvalue weighted by molar-refractivity contribution is 0.230. The van der Waals surface area contributed by atoms with Crippen LogP contribution in [0.5, 0.6) is 5.75 Å². The number of hydrogen-bond donors (Lipinski definition) is 1. The minimum atomic E-state index is 0.414. The van der Waals surface area contributed by atoms with Gasteiger partial charge in [-0.05, 0) is 36.3 Å². The van der Waals surface area contributed by atoms with E-state index in [2.05, 4.69) is 47.1 Å². The van der Waals surface area contributed by atoms with Crippen molar-refractivity contribution in [2.45, 2.75) is 44.2 Å². The largest absolute Gasteiger partial charge is 0.493 e. The fraction of sp³-hybridized carbons (Fsp3) is 0.474. The Labute approximate surface area is 136 Å². The Kier molecular flexibility index (Phi) is 4.17. The highest BCUT2D eigenvalue weighted by Crippen LogP contribution is 2.41. The molecule has 0 spiro atoms. The average molecular weight is 313 g/mol. The molecule has 0 radical (unpaired) electrons. The first-order chi connectivity index (χ1) is 10.9. The van der Waals surface area contributed by atoms with E-state index in [0.717, 1.165) is 24.7 Å². The number of fused-ring (bicyclic) bond motifs is 1. The van der Waals surface area contributed by atoms with Gasteiger partial charge in [-0.1, -0.05) is 37.1 Å². The van der Waals surface area contributed by atoms with Crippen LogP contribution in [0.4, 0.5) is 0 Å². The summed E-state index contributed by atoms with van der Waals surface area (Å²) in [7, 11) is 0. The molecule has 1 aliphatic heterocycles. The van der Waals surface area contributed by atoms with Crippen LogP contribution in [0.2, 0.25) is 0 Å². The zero-order valence-corrected chi connectivity index (χ0v) is 13.6. The predicted molar refractivity (Wildman–Crippen MR) is 91.4 cm³/mol. The molecule has 0 amide bonds. The van der Waals surface area contributed by atoms with Gasteiger partial charge in [0.05, 0.1) is 6.61 Å². The molecule has 2 unspecified atom stereocenters. The summed E-state index contributed by atoms with van der Waals surface area (Å²) in [5, 5.41) is 6.19. The first kappa shape index (κ1) is 14.3. The summed E-state index contributed by atoms with van der Waals surface area (Å²) in [6, 6.07) is 13.9. The molecule has 2 heterocycles. The second-order valence-corrected chi connectivity index (χ2v) is 7.41. The van der Waals surface area contributed by atoms with Crippen molar-refractivity contribution in [3.8, 4) is 5.75 Å². The van der Waals surface area contributed by atoms with E-state index in [1.807, 2.05) is 11.3 Å². The number of ether oxygens (including phenoxy) is 1.